The molecule has 0 radical (unpaired) electrons. The van der Waals surface area contributed by atoms with Gasteiger partial charge in [-0.1, -0.05) is 6.07 Å². The lowest BCUT2D eigenvalue weighted by molar-refractivity contribution is 0.953. The highest BCUT2D eigenvalue weighted by Crippen LogP contribution is 2.34. The first-order valence-electron chi connectivity index (χ1n) is 7.74. The zero-order valence-corrected chi connectivity index (χ0v) is 13.0. The number of nitrogens with zero attached hydrogens (tertiary/aromatic N) is 5. The van der Waals surface area contributed by atoms with E-state index in [-0.39, 0.29) is 0 Å². The van der Waals surface area contributed by atoms with Gasteiger partial charge in [0.05, 0.1) is 22.1 Å². The summed E-state index contributed by atoms with van der Waals surface area (Å²) in [5.74, 6) is 0.840. The lowest BCUT2D eigenvalue weighted by atomic mass is 10.1. The van der Waals surface area contributed by atoms with E-state index in [1.54, 1.807) is 18.6 Å². The van der Waals surface area contributed by atoms with Gasteiger partial charge in [0.25, 0.3) is 0 Å². The maximum absolute atomic E-state index is 4.89. The highest BCUT2D eigenvalue weighted by atomic mass is 15.1. The van der Waals surface area contributed by atoms with E-state index in [0.717, 1.165) is 44.4 Å². The zero-order chi connectivity index (χ0) is 16.1. The Balaban J connectivity index is 2.04. The van der Waals surface area contributed by atoms with E-state index >= 15 is 0 Å². The summed E-state index contributed by atoms with van der Waals surface area (Å²) in [6.07, 6.45) is 5.39. The van der Waals surface area contributed by atoms with Gasteiger partial charge in [-0.3, -0.25) is 15.0 Å². The van der Waals surface area contributed by atoms with Gasteiger partial charge in [0.2, 0.25) is 0 Å². The number of aryl methyl sites for hydroxylation is 1. The van der Waals surface area contributed by atoms with Crippen LogP contribution in [0, 0.1) is 0 Å². The lowest BCUT2D eigenvalue weighted by Gasteiger charge is -2.06. The molecule has 0 spiro atoms. The van der Waals surface area contributed by atoms with Crippen molar-refractivity contribution in [3.63, 3.8) is 0 Å². The third kappa shape index (κ3) is 1.69. The van der Waals surface area contributed by atoms with Crippen LogP contribution < -0.4 is 0 Å². The summed E-state index contributed by atoms with van der Waals surface area (Å²) in [6, 6.07) is 13.9. The molecule has 0 atom stereocenters. The highest BCUT2D eigenvalue weighted by Gasteiger charge is 2.18. The monoisotopic (exact) mass is 311 g/mol. The van der Waals surface area contributed by atoms with Gasteiger partial charge in [0.15, 0.2) is 5.82 Å². The summed E-state index contributed by atoms with van der Waals surface area (Å²) in [7, 11) is 2.02. The number of imidazole rings is 1. The Bertz CT molecular complexity index is 1210. The van der Waals surface area contributed by atoms with Crippen LogP contribution in [0.5, 0.6) is 0 Å². The fourth-order valence-corrected chi connectivity index (χ4v) is 3.29. The lowest BCUT2D eigenvalue weighted by Crippen LogP contribution is -1.95. The van der Waals surface area contributed by atoms with Crippen LogP contribution in [0.15, 0.2) is 61.1 Å². The summed E-state index contributed by atoms with van der Waals surface area (Å²) in [4.78, 5) is 18.5. The van der Waals surface area contributed by atoms with Gasteiger partial charge >= 0.3 is 0 Å². The minimum absolute atomic E-state index is 0.840. The molecule has 0 amide bonds. The molecule has 0 N–H and O–H groups in total. The molecule has 5 heteroatoms. The number of hydrogen-bond acceptors (Lipinski definition) is 4. The minimum atomic E-state index is 0.840. The average Bonchev–Trinajstić information content (AvgIpc) is 3.01. The number of benzene rings is 1. The first-order chi connectivity index (χ1) is 11.8. The van der Waals surface area contributed by atoms with Gasteiger partial charge in [0, 0.05) is 36.4 Å². The number of hydrogen-bond donors (Lipinski definition) is 0. The van der Waals surface area contributed by atoms with Crippen LogP contribution in [-0.2, 0) is 7.05 Å². The molecule has 24 heavy (non-hydrogen) atoms. The first-order valence-corrected chi connectivity index (χ1v) is 7.74. The Hall–Kier alpha value is -3.34. The van der Waals surface area contributed by atoms with Gasteiger partial charge in [-0.05, 0) is 36.4 Å². The van der Waals surface area contributed by atoms with E-state index in [4.69, 9.17) is 4.98 Å². The van der Waals surface area contributed by atoms with Crippen molar-refractivity contribution in [2.24, 2.45) is 7.05 Å². The SMILES string of the molecule is Cn1c(-c2ccccn2)nc2c3cccnc3c3ncccc3c21. The Labute approximate surface area is 137 Å². The molecule has 1 aromatic carbocycles. The highest BCUT2D eigenvalue weighted by molar-refractivity contribution is 6.21. The number of fused-ring (bicyclic) bond motifs is 6. The number of rotatable bonds is 1. The van der Waals surface area contributed by atoms with Crippen LogP contribution in [0.25, 0.3) is 44.4 Å². The van der Waals surface area contributed by atoms with Crippen molar-refractivity contribution in [3.05, 3.63) is 61.1 Å². The number of pyridine rings is 3. The predicted octanol–water partition coefficient (Wildman–Crippen LogP) is 3.73. The molecule has 0 fully saturated rings. The van der Waals surface area contributed by atoms with Crippen LogP contribution in [0.2, 0.25) is 0 Å². The van der Waals surface area contributed by atoms with E-state index in [2.05, 4.69) is 25.6 Å². The molecule has 0 aliphatic rings. The molecule has 5 rings (SSSR count). The topological polar surface area (TPSA) is 56.5 Å². The molecular formula is C19H13N5. The predicted molar refractivity (Wildman–Crippen MR) is 94.5 cm³/mol. The second kappa shape index (κ2) is 4.83. The molecule has 0 saturated heterocycles. The van der Waals surface area contributed by atoms with Gasteiger partial charge in [0.1, 0.15) is 5.69 Å². The molecule has 0 saturated carbocycles. The fraction of sp³-hybridized carbons (Fsp3) is 0.0526. The van der Waals surface area contributed by atoms with E-state index < -0.39 is 0 Å². The molecule has 5 aromatic rings. The summed E-state index contributed by atoms with van der Waals surface area (Å²) in [5.41, 5.74) is 4.62. The van der Waals surface area contributed by atoms with Crippen LogP contribution in [0.3, 0.4) is 0 Å². The molecule has 114 valence electrons. The molecule has 0 aliphatic heterocycles. The summed E-state index contributed by atoms with van der Waals surface area (Å²) in [5, 5.41) is 2.06. The standard InChI is InChI=1S/C19H13N5/c1-24-18-13-7-5-11-22-16(13)15-12(6-4-10-21-15)17(18)23-19(24)14-8-2-3-9-20-14/h2-11H,1H3. The maximum Gasteiger partial charge on any atom is 0.159 e. The summed E-state index contributed by atoms with van der Waals surface area (Å²) >= 11 is 0. The van der Waals surface area contributed by atoms with Gasteiger partial charge in [-0.25, -0.2) is 4.98 Å². The molecule has 0 bridgehead atoms. The van der Waals surface area contributed by atoms with Crippen molar-refractivity contribution in [2.75, 3.05) is 0 Å². The van der Waals surface area contributed by atoms with E-state index in [1.807, 2.05) is 43.4 Å². The third-order valence-corrected chi connectivity index (χ3v) is 4.34. The molecule has 5 nitrogen and oxygen atoms in total. The Kier molecular flexibility index (Phi) is 2.64. The molecule has 4 heterocycles. The van der Waals surface area contributed by atoms with E-state index in [1.165, 1.54) is 0 Å². The second-order valence-electron chi connectivity index (χ2n) is 5.71. The van der Waals surface area contributed by atoms with Crippen molar-refractivity contribution in [1.82, 2.24) is 24.5 Å². The maximum atomic E-state index is 4.89. The molecule has 0 unspecified atom stereocenters. The van der Waals surface area contributed by atoms with Crippen LogP contribution >= 0.6 is 0 Å². The zero-order valence-electron chi connectivity index (χ0n) is 13.0. The molecule has 4 aromatic heterocycles. The quantitative estimate of drug-likeness (QED) is 0.443. The Morgan fingerprint density at radius 2 is 1.42 bits per heavy atom. The van der Waals surface area contributed by atoms with E-state index in [9.17, 15) is 0 Å². The fourth-order valence-electron chi connectivity index (χ4n) is 3.29. The van der Waals surface area contributed by atoms with Crippen LogP contribution in [0.4, 0.5) is 0 Å². The Morgan fingerprint density at radius 3 is 2.17 bits per heavy atom. The second-order valence-corrected chi connectivity index (χ2v) is 5.71. The van der Waals surface area contributed by atoms with Gasteiger partial charge in [-0.2, -0.15) is 0 Å². The molecule has 0 aliphatic carbocycles. The van der Waals surface area contributed by atoms with Gasteiger partial charge < -0.3 is 4.57 Å². The van der Waals surface area contributed by atoms with Crippen molar-refractivity contribution >= 4 is 32.8 Å². The first kappa shape index (κ1) is 13.1. The summed E-state index contributed by atoms with van der Waals surface area (Å²) in [6.45, 7) is 0. The number of aromatic nitrogens is 5. The van der Waals surface area contributed by atoms with Crippen molar-refractivity contribution in [3.8, 4) is 11.5 Å². The van der Waals surface area contributed by atoms with E-state index in [0.29, 0.717) is 0 Å². The molecular weight excluding hydrogens is 298 g/mol. The van der Waals surface area contributed by atoms with Crippen molar-refractivity contribution in [1.29, 1.82) is 0 Å². The smallest absolute Gasteiger partial charge is 0.159 e. The van der Waals surface area contributed by atoms with Crippen molar-refractivity contribution < 1.29 is 0 Å². The Morgan fingerprint density at radius 1 is 0.708 bits per heavy atom. The van der Waals surface area contributed by atoms with Gasteiger partial charge in [-0.15, -0.1) is 0 Å². The summed E-state index contributed by atoms with van der Waals surface area (Å²) < 4.78 is 2.09. The normalized spacial score (nSPS) is 11.5. The largest absolute Gasteiger partial charge is 0.325 e. The average molecular weight is 311 g/mol. The minimum Gasteiger partial charge on any atom is -0.325 e. The van der Waals surface area contributed by atoms with Crippen LogP contribution in [-0.4, -0.2) is 24.5 Å². The van der Waals surface area contributed by atoms with Crippen molar-refractivity contribution in [2.45, 2.75) is 0 Å². The third-order valence-electron chi connectivity index (χ3n) is 4.34. The van der Waals surface area contributed by atoms with Crippen LogP contribution in [0.1, 0.15) is 0 Å².